The van der Waals surface area contributed by atoms with Crippen molar-refractivity contribution >= 4 is 0 Å². The predicted molar refractivity (Wildman–Crippen MR) is 55.1 cm³/mol. The minimum Gasteiger partial charge on any atom is -0.0622 e. The van der Waals surface area contributed by atoms with Crippen molar-refractivity contribution in [3.63, 3.8) is 0 Å². The van der Waals surface area contributed by atoms with Crippen LogP contribution in [0.25, 0.3) is 0 Å². The minimum atomic E-state index is 1.10. The van der Waals surface area contributed by atoms with Crippen LogP contribution in [0.1, 0.15) is 45.4 Å². The number of rotatable bonds is 2. The SMILES string of the molecule is C[CH]CC1C2CC3CC(C2)CC1C3. The maximum Gasteiger partial charge on any atom is -0.0354 e. The van der Waals surface area contributed by atoms with Crippen molar-refractivity contribution in [2.45, 2.75) is 45.4 Å². The lowest BCUT2D eigenvalue weighted by Crippen LogP contribution is -2.44. The van der Waals surface area contributed by atoms with E-state index in [0.717, 1.165) is 29.6 Å². The lowest BCUT2D eigenvalue weighted by atomic mass is 9.51. The van der Waals surface area contributed by atoms with Crippen LogP contribution in [-0.2, 0) is 0 Å². The third-order valence-corrected chi connectivity index (χ3v) is 4.93. The Balaban J connectivity index is 1.77. The van der Waals surface area contributed by atoms with Gasteiger partial charge in [0.2, 0.25) is 0 Å². The smallest absolute Gasteiger partial charge is 0.0354 e. The molecular formula is C13H21. The van der Waals surface area contributed by atoms with Crippen LogP contribution >= 0.6 is 0 Å². The molecule has 0 aromatic heterocycles. The highest BCUT2D eigenvalue weighted by molar-refractivity contribution is 4.98. The summed E-state index contributed by atoms with van der Waals surface area (Å²) in [6.07, 6.45) is 11.8. The van der Waals surface area contributed by atoms with Gasteiger partial charge in [-0.3, -0.25) is 0 Å². The van der Waals surface area contributed by atoms with Crippen LogP contribution in [0.15, 0.2) is 0 Å². The van der Waals surface area contributed by atoms with Crippen molar-refractivity contribution in [1.82, 2.24) is 0 Å². The summed E-state index contributed by atoms with van der Waals surface area (Å²) in [6, 6.07) is 0. The van der Waals surface area contributed by atoms with E-state index in [1.165, 1.54) is 6.42 Å². The molecule has 0 heteroatoms. The fraction of sp³-hybridized carbons (Fsp3) is 0.923. The van der Waals surface area contributed by atoms with E-state index in [9.17, 15) is 0 Å². The molecule has 4 saturated carbocycles. The van der Waals surface area contributed by atoms with Gasteiger partial charge in [-0.05, 0) is 74.5 Å². The zero-order valence-electron chi connectivity index (χ0n) is 8.71. The topological polar surface area (TPSA) is 0 Å². The van der Waals surface area contributed by atoms with E-state index in [0.29, 0.717) is 0 Å². The minimum absolute atomic E-state index is 1.10. The van der Waals surface area contributed by atoms with E-state index < -0.39 is 0 Å². The van der Waals surface area contributed by atoms with Gasteiger partial charge in [-0.25, -0.2) is 0 Å². The van der Waals surface area contributed by atoms with Crippen LogP contribution in [-0.4, -0.2) is 0 Å². The van der Waals surface area contributed by atoms with Crippen molar-refractivity contribution in [3.8, 4) is 0 Å². The first-order chi connectivity index (χ1) is 6.36. The number of hydrogen-bond donors (Lipinski definition) is 0. The summed E-state index contributed by atoms with van der Waals surface area (Å²) in [7, 11) is 0. The molecule has 0 heterocycles. The molecule has 4 aliphatic carbocycles. The van der Waals surface area contributed by atoms with Crippen molar-refractivity contribution < 1.29 is 0 Å². The monoisotopic (exact) mass is 177 g/mol. The molecule has 13 heavy (non-hydrogen) atoms. The first kappa shape index (κ1) is 8.32. The van der Waals surface area contributed by atoms with E-state index in [4.69, 9.17) is 0 Å². The Hall–Kier alpha value is 0. The Morgan fingerprint density at radius 2 is 1.46 bits per heavy atom. The maximum atomic E-state index is 2.41. The van der Waals surface area contributed by atoms with Gasteiger partial charge < -0.3 is 0 Å². The summed E-state index contributed by atoms with van der Waals surface area (Å²) in [5, 5.41) is 0. The normalized spacial score (nSPS) is 52.8. The molecule has 0 unspecified atom stereocenters. The molecular weight excluding hydrogens is 156 g/mol. The second-order valence-corrected chi connectivity index (χ2v) is 5.74. The van der Waals surface area contributed by atoms with Crippen LogP contribution in [0.2, 0.25) is 0 Å². The van der Waals surface area contributed by atoms with Gasteiger partial charge in [0.1, 0.15) is 0 Å². The van der Waals surface area contributed by atoms with Gasteiger partial charge in [0.05, 0.1) is 0 Å². The Bertz CT molecular complexity index is 166. The van der Waals surface area contributed by atoms with Gasteiger partial charge in [-0.1, -0.05) is 6.92 Å². The van der Waals surface area contributed by atoms with Crippen LogP contribution in [0, 0.1) is 36.0 Å². The molecule has 0 saturated heterocycles. The second-order valence-electron chi connectivity index (χ2n) is 5.74. The maximum absolute atomic E-state index is 2.41. The van der Waals surface area contributed by atoms with Crippen LogP contribution in [0.4, 0.5) is 0 Å². The molecule has 0 aromatic rings. The molecule has 4 bridgehead atoms. The average Bonchev–Trinajstić information content (AvgIpc) is 2.10. The quantitative estimate of drug-likeness (QED) is 0.603. The molecule has 4 fully saturated rings. The van der Waals surface area contributed by atoms with Crippen LogP contribution in [0.3, 0.4) is 0 Å². The van der Waals surface area contributed by atoms with E-state index in [1.807, 2.05) is 0 Å². The summed E-state index contributed by atoms with van der Waals surface area (Å²) in [5.41, 5.74) is 0. The molecule has 0 N–H and O–H groups in total. The van der Waals surface area contributed by atoms with Gasteiger partial charge in [0.15, 0.2) is 0 Å². The highest BCUT2D eigenvalue weighted by atomic mass is 14.5. The summed E-state index contributed by atoms with van der Waals surface area (Å²) >= 11 is 0. The third kappa shape index (κ3) is 1.25. The predicted octanol–water partition coefficient (Wildman–Crippen LogP) is 3.67. The van der Waals surface area contributed by atoms with Gasteiger partial charge in [-0.15, -0.1) is 0 Å². The fourth-order valence-corrected chi connectivity index (χ4v) is 4.69. The lowest BCUT2D eigenvalue weighted by molar-refractivity contribution is -0.0363. The molecule has 4 aliphatic rings. The summed E-state index contributed by atoms with van der Waals surface area (Å²) < 4.78 is 0. The van der Waals surface area contributed by atoms with Gasteiger partial charge in [-0.2, -0.15) is 0 Å². The molecule has 0 spiro atoms. The average molecular weight is 177 g/mol. The molecule has 0 atom stereocenters. The fourth-order valence-electron chi connectivity index (χ4n) is 4.69. The molecule has 73 valence electrons. The van der Waals surface area contributed by atoms with Crippen molar-refractivity contribution in [2.24, 2.45) is 29.6 Å². The Labute approximate surface area is 82.1 Å². The Kier molecular flexibility index (Phi) is 1.92. The lowest BCUT2D eigenvalue weighted by Gasteiger charge is -2.54. The van der Waals surface area contributed by atoms with Gasteiger partial charge in [0.25, 0.3) is 0 Å². The van der Waals surface area contributed by atoms with Crippen LogP contribution < -0.4 is 0 Å². The first-order valence-corrected chi connectivity index (χ1v) is 6.14. The highest BCUT2D eigenvalue weighted by Crippen LogP contribution is 2.57. The molecule has 1 radical (unpaired) electrons. The Morgan fingerprint density at radius 1 is 0.923 bits per heavy atom. The molecule has 0 nitrogen and oxygen atoms in total. The largest absolute Gasteiger partial charge is 0.0622 e. The van der Waals surface area contributed by atoms with E-state index in [-0.39, 0.29) is 0 Å². The third-order valence-electron chi connectivity index (χ3n) is 4.93. The van der Waals surface area contributed by atoms with E-state index in [1.54, 1.807) is 32.1 Å². The molecule has 0 amide bonds. The summed E-state index contributed by atoms with van der Waals surface area (Å²) in [6.45, 7) is 2.24. The van der Waals surface area contributed by atoms with Crippen molar-refractivity contribution in [3.05, 3.63) is 6.42 Å². The molecule has 0 aromatic carbocycles. The zero-order valence-corrected chi connectivity index (χ0v) is 8.71. The second kappa shape index (κ2) is 3.00. The summed E-state index contributed by atoms with van der Waals surface area (Å²) in [4.78, 5) is 0. The number of hydrogen-bond acceptors (Lipinski definition) is 0. The highest BCUT2D eigenvalue weighted by Gasteiger charge is 2.47. The van der Waals surface area contributed by atoms with E-state index >= 15 is 0 Å². The summed E-state index contributed by atoms with van der Waals surface area (Å²) in [5.74, 6) is 5.66. The van der Waals surface area contributed by atoms with E-state index in [2.05, 4.69) is 13.3 Å². The zero-order chi connectivity index (χ0) is 8.84. The van der Waals surface area contributed by atoms with Gasteiger partial charge in [0, 0.05) is 0 Å². The molecule has 0 aliphatic heterocycles. The van der Waals surface area contributed by atoms with Gasteiger partial charge >= 0.3 is 0 Å². The molecule has 4 rings (SSSR count). The Morgan fingerprint density at radius 3 is 1.92 bits per heavy atom. The first-order valence-electron chi connectivity index (χ1n) is 6.14. The standard InChI is InChI=1S/C13H21/c1-2-3-13-11-5-9-4-10(7-11)8-12(13)6-9/h2,9-13H,3-8H2,1H3. The van der Waals surface area contributed by atoms with Crippen LogP contribution in [0.5, 0.6) is 0 Å². The van der Waals surface area contributed by atoms with Crippen molar-refractivity contribution in [1.29, 1.82) is 0 Å². The van der Waals surface area contributed by atoms with Crippen molar-refractivity contribution in [2.75, 3.05) is 0 Å².